The van der Waals surface area contributed by atoms with Gasteiger partial charge in [0, 0.05) is 5.92 Å². The highest BCUT2D eigenvalue weighted by molar-refractivity contribution is 4.73. The van der Waals surface area contributed by atoms with Gasteiger partial charge in [-0.3, -0.25) is 0 Å². The standard InChI is InChI=1S/C11H20O2/c1-4-6-11-12-7-10(8-13-11)9(3)5-2/h3,9-11H,4-8H2,1-2H3. The fourth-order valence-electron chi connectivity index (χ4n) is 1.54. The van der Waals surface area contributed by atoms with Crippen molar-refractivity contribution < 1.29 is 9.47 Å². The average molecular weight is 184 g/mol. The smallest absolute Gasteiger partial charge is 0.157 e. The molecular formula is C11H20O2. The third-order valence-electron chi connectivity index (χ3n) is 2.59. The van der Waals surface area contributed by atoms with Crippen LogP contribution in [0.5, 0.6) is 0 Å². The van der Waals surface area contributed by atoms with Crippen LogP contribution in [0.2, 0.25) is 0 Å². The quantitative estimate of drug-likeness (QED) is 0.668. The van der Waals surface area contributed by atoms with Gasteiger partial charge < -0.3 is 9.47 Å². The summed E-state index contributed by atoms with van der Waals surface area (Å²) in [7, 11) is 0. The van der Waals surface area contributed by atoms with Crippen LogP contribution in [0.15, 0.2) is 0 Å². The summed E-state index contributed by atoms with van der Waals surface area (Å²) in [6, 6.07) is 0. The van der Waals surface area contributed by atoms with Crippen LogP contribution in [-0.2, 0) is 9.47 Å². The first kappa shape index (κ1) is 11.0. The molecule has 2 nitrogen and oxygen atoms in total. The third-order valence-corrected chi connectivity index (χ3v) is 2.59. The van der Waals surface area contributed by atoms with Gasteiger partial charge in [0.05, 0.1) is 13.2 Å². The number of rotatable bonds is 4. The van der Waals surface area contributed by atoms with Crippen molar-refractivity contribution in [2.75, 3.05) is 13.2 Å². The molecule has 1 aliphatic rings. The fourth-order valence-corrected chi connectivity index (χ4v) is 1.54. The first-order valence-electron chi connectivity index (χ1n) is 5.26. The molecule has 0 aromatic carbocycles. The lowest BCUT2D eigenvalue weighted by Crippen LogP contribution is -2.35. The molecule has 2 heteroatoms. The molecular weight excluding hydrogens is 164 g/mol. The molecule has 76 valence electrons. The zero-order chi connectivity index (χ0) is 9.68. The molecule has 0 amide bonds. The molecule has 0 aliphatic carbocycles. The second-order valence-corrected chi connectivity index (χ2v) is 3.72. The van der Waals surface area contributed by atoms with E-state index in [1.54, 1.807) is 0 Å². The van der Waals surface area contributed by atoms with Crippen molar-refractivity contribution in [2.45, 2.75) is 39.4 Å². The predicted octanol–water partition coefficient (Wildman–Crippen LogP) is 2.51. The Bertz CT molecular complexity index is 128. The summed E-state index contributed by atoms with van der Waals surface area (Å²) in [5, 5.41) is 0. The van der Waals surface area contributed by atoms with Gasteiger partial charge in [-0.1, -0.05) is 26.7 Å². The second-order valence-electron chi connectivity index (χ2n) is 3.72. The maximum absolute atomic E-state index is 5.91. The molecule has 0 spiro atoms. The first-order chi connectivity index (χ1) is 6.27. The van der Waals surface area contributed by atoms with Crippen molar-refractivity contribution in [1.29, 1.82) is 0 Å². The number of hydrogen-bond acceptors (Lipinski definition) is 2. The van der Waals surface area contributed by atoms with Crippen molar-refractivity contribution in [3.63, 3.8) is 0 Å². The molecule has 1 heterocycles. The number of hydrogen-bond donors (Lipinski definition) is 0. The molecule has 1 fully saturated rings. The summed E-state index contributed by atoms with van der Waals surface area (Å²) >= 11 is 0. The van der Waals surface area contributed by atoms with Gasteiger partial charge in [-0.25, -0.2) is 0 Å². The van der Waals surface area contributed by atoms with E-state index in [1.165, 1.54) is 0 Å². The van der Waals surface area contributed by atoms with E-state index in [2.05, 4.69) is 13.8 Å². The predicted molar refractivity (Wildman–Crippen MR) is 52.2 cm³/mol. The Hall–Kier alpha value is -0.0800. The van der Waals surface area contributed by atoms with E-state index < -0.39 is 0 Å². The lowest BCUT2D eigenvalue weighted by atomic mass is 9.93. The van der Waals surface area contributed by atoms with Gasteiger partial charge in [0.1, 0.15) is 0 Å². The average Bonchev–Trinajstić information content (AvgIpc) is 2.18. The zero-order valence-corrected chi connectivity index (χ0v) is 8.66. The molecule has 0 saturated carbocycles. The van der Waals surface area contributed by atoms with Crippen LogP contribution in [0, 0.1) is 18.8 Å². The SMILES string of the molecule is [CH]C(CC)C1COC(CCC)OC1. The maximum Gasteiger partial charge on any atom is 0.157 e. The highest BCUT2D eigenvalue weighted by Gasteiger charge is 2.24. The normalized spacial score (nSPS) is 31.6. The van der Waals surface area contributed by atoms with Gasteiger partial charge in [0.2, 0.25) is 0 Å². The largest absolute Gasteiger partial charge is 0.352 e. The molecule has 1 atom stereocenters. The number of ether oxygens (including phenoxy) is 2. The van der Waals surface area contributed by atoms with Crippen LogP contribution in [0.25, 0.3) is 0 Å². The first-order valence-corrected chi connectivity index (χ1v) is 5.26. The van der Waals surface area contributed by atoms with Crippen molar-refractivity contribution in [3.05, 3.63) is 6.92 Å². The van der Waals surface area contributed by atoms with Crippen molar-refractivity contribution in [1.82, 2.24) is 0 Å². The van der Waals surface area contributed by atoms with Gasteiger partial charge >= 0.3 is 0 Å². The Morgan fingerprint density at radius 1 is 1.31 bits per heavy atom. The highest BCUT2D eigenvalue weighted by atomic mass is 16.7. The molecule has 1 saturated heterocycles. The Balaban J connectivity index is 2.22. The summed E-state index contributed by atoms with van der Waals surface area (Å²) < 4.78 is 11.1. The van der Waals surface area contributed by atoms with Gasteiger partial charge in [0.15, 0.2) is 6.29 Å². The lowest BCUT2D eigenvalue weighted by molar-refractivity contribution is -0.208. The van der Waals surface area contributed by atoms with E-state index in [-0.39, 0.29) is 12.2 Å². The molecule has 1 unspecified atom stereocenters. The van der Waals surface area contributed by atoms with Crippen LogP contribution in [0.4, 0.5) is 0 Å². The minimum Gasteiger partial charge on any atom is -0.352 e. The summed E-state index contributed by atoms with van der Waals surface area (Å²) in [6.07, 6.45) is 3.12. The van der Waals surface area contributed by atoms with Gasteiger partial charge in [0.25, 0.3) is 0 Å². The zero-order valence-electron chi connectivity index (χ0n) is 8.66. The van der Waals surface area contributed by atoms with E-state index in [0.717, 1.165) is 32.5 Å². The Morgan fingerprint density at radius 2 is 1.92 bits per heavy atom. The van der Waals surface area contributed by atoms with E-state index in [1.807, 2.05) is 0 Å². The van der Waals surface area contributed by atoms with Crippen LogP contribution in [0.3, 0.4) is 0 Å². The Morgan fingerprint density at radius 3 is 2.38 bits per heavy atom. The van der Waals surface area contributed by atoms with Gasteiger partial charge in [-0.2, -0.15) is 0 Å². The van der Waals surface area contributed by atoms with Crippen LogP contribution < -0.4 is 0 Å². The molecule has 2 radical (unpaired) electrons. The van der Waals surface area contributed by atoms with E-state index >= 15 is 0 Å². The second kappa shape index (κ2) is 5.61. The van der Waals surface area contributed by atoms with Crippen molar-refractivity contribution in [2.24, 2.45) is 11.8 Å². The van der Waals surface area contributed by atoms with E-state index in [4.69, 9.17) is 16.4 Å². The maximum atomic E-state index is 5.91. The minimum absolute atomic E-state index is 0.0188. The minimum atomic E-state index is 0.0188. The fraction of sp³-hybridized carbons (Fsp3) is 0.909. The van der Waals surface area contributed by atoms with Crippen molar-refractivity contribution in [3.8, 4) is 0 Å². The summed E-state index contributed by atoms with van der Waals surface area (Å²) in [5.41, 5.74) is 0. The molecule has 1 rings (SSSR count). The summed E-state index contributed by atoms with van der Waals surface area (Å²) in [5.74, 6) is 0.612. The van der Waals surface area contributed by atoms with Gasteiger partial charge in [-0.15, -0.1) is 0 Å². The lowest BCUT2D eigenvalue weighted by Gasteiger charge is -2.32. The summed E-state index contributed by atoms with van der Waals surface area (Å²) in [6.45, 7) is 11.7. The summed E-state index contributed by atoms with van der Waals surface area (Å²) in [4.78, 5) is 0. The molecule has 1 aliphatic heterocycles. The topological polar surface area (TPSA) is 18.5 Å². The van der Waals surface area contributed by atoms with Crippen molar-refractivity contribution >= 4 is 0 Å². The third kappa shape index (κ3) is 3.28. The van der Waals surface area contributed by atoms with Crippen LogP contribution in [-0.4, -0.2) is 19.5 Å². The molecule has 0 aromatic rings. The van der Waals surface area contributed by atoms with E-state index in [0.29, 0.717) is 5.92 Å². The molecule has 0 bridgehead atoms. The monoisotopic (exact) mass is 184 g/mol. The molecule has 0 N–H and O–H groups in total. The molecule has 13 heavy (non-hydrogen) atoms. The Kier molecular flexibility index (Phi) is 4.74. The molecule has 0 aromatic heterocycles. The van der Waals surface area contributed by atoms with E-state index in [9.17, 15) is 0 Å². The van der Waals surface area contributed by atoms with Crippen LogP contribution in [0.1, 0.15) is 33.1 Å². The van der Waals surface area contributed by atoms with Gasteiger partial charge in [-0.05, 0) is 19.3 Å². The highest BCUT2D eigenvalue weighted by Crippen LogP contribution is 2.22. The Labute approximate surface area is 81.6 Å². The van der Waals surface area contributed by atoms with Crippen LogP contribution >= 0.6 is 0 Å².